The van der Waals surface area contributed by atoms with Gasteiger partial charge in [-0.3, -0.25) is 10.1 Å². The molecule has 1 aromatic carbocycles. The largest absolute Gasteiger partial charge is 0.369 e. The van der Waals surface area contributed by atoms with E-state index in [1.54, 1.807) is 6.07 Å². The van der Waals surface area contributed by atoms with Gasteiger partial charge in [0.05, 0.1) is 16.2 Å². The summed E-state index contributed by atoms with van der Waals surface area (Å²) in [4.78, 5) is 12.2. The van der Waals surface area contributed by atoms with Crippen LogP contribution in [0.5, 0.6) is 0 Å². The number of anilines is 1. The van der Waals surface area contributed by atoms with Gasteiger partial charge in [0.2, 0.25) is 0 Å². The fourth-order valence-electron chi connectivity index (χ4n) is 2.23. The van der Waals surface area contributed by atoms with Gasteiger partial charge < -0.3 is 10.6 Å². The topological polar surface area (TPSA) is 96.2 Å². The Kier molecular flexibility index (Phi) is 3.44. The van der Waals surface area contributed by atoms with Crippen LogP contribution >= 0.6 is 0 Å². The summed E-state index contributed by atoms with van der Waals surface area (Å²) in [5.74, 6) is 0. The second kappa shape index (κ2) is 5.02. The van der Waals surface area contributed by atoms with Crippen LogP contribution in [0.4, 0.5) is 11.4 Å². The molecule has 6 heteroatoms. The normalized spacial score (nSPS) is 19.3. The van der Waals surface area contributed by atoms with Gasteiger partial charge >= 0.3 is 0 Å². The molecule has 6 nitrogen and oxygen atoms in total. The maximum atomic E-state index is 10.7. The molecule has 18 heavy (non-hydrogen) atoms. The van der Waals surface area contributed by atoms with Crippen molar-refractivity contribution in [3.63, 3.8) is 0 Å². The molecule has 0 aliphatic carbocycles. The van der Waals surface area contributed by atoms with Crippen molar-refractivity contribution in [2.24, 2.45) is 5.73 Å². The molecule has 0 amide bonds. The Morgan fingerprint density at radius 3 is 2.94 bits per heavy atom. The number of nitro benzene ring substituents is 1. The average Bonchev–Trinajstić information content (AvgIpc) is 2.37. The molecule has 2 N–H and O–H groups in total. The zero-order valence-corrected chi connectivity index (χ0v) is 9.87. The van der Waals surface area contributed by atoms with Gasteiger partial charge in [0.25, 0.3) is 5.69 Å². The van der Waals surface area contributed by atoms with Crippen molar-refractivity contribution in [3.05, 3.63) is 33.9 Å². The van der Waals surface area contributed by atoms with Crippen molar-refractivity contribution in [1.29, 1.82) is 5.26 Å². The highest BCUT2D eigenvalue weighted by Crippen LogP contribution is 2.27. The number of nitrogens with zero attached hydrogens (tertiary/aromatic N) is 3. The first-order valence-electron chi connectivity index (χ1n) is 5.81. The molecule has 1 heterocycles. The number of nitro groups is 1. The molecule has 0 aromatic heterocycles. The van der Waals surface area contributed by atoms with E-state index in [-0.39, 0.29) is 11.7 Å². The maximum absolute atomic E-state index is 10.7. The Morgan fingerprint density at radius 2 is 2.33 bits per heavy atom. The first-order valence-corrected chi connectivity index (χ1v) is 5.81. The summed E-state index contributed by atoms with van der Waals surface area (Å²) >= 11 is 0. The fourth-order valence-corrected chi connectivity index (χ4v) is 2.23. The molecule has 0 radical (unpaired) electrons. The van der Waals surface area contributed by atoms with Crippen LogP contribution in [0.1, 0.15) is 18.4 Å². The number of hydrogen-bond acceptors (Lipinski definition) is 5. The first-order chi connectivity index (χ1) is 8.61. The predicted octanol–water partition coefficient (Wildman–Crippen LogP) is 1.39. The molecule has 1 saturated heterocycles. The number of nitrogens with two attached hydrogens (primary N) is 1. The van der Waals surface area contributed by atoms with Crippen LogP contribution in [0.15, 0.2) is 18.2 Å². The summed E-state index contributed by atoms with van der Waals surface area (Å²) in [7, 11) is 0. The summed E-state index contributed by atoms with van der Waals surface area (Å²) in [5.41, 5.74) is 6.91. The number of non-ortho nitro benzene ring substituents is 1. The lowest BCUT2D eigenvalue weighted by Crippen LogP contribution is -2.43. The van der Waals surface area contributed by atoms with E-state index in [9.17, 15) is 10.1 Å². The van der Waals surface area contributed by atoms with E-state index in [0.717, 1.165) is 25.1 Å². The molecule has 0 spiro atoms. The van der Waals surface area contributed by atoms with E-state index in [4.69, 9.17) is 11.0 Å². The van der Waals surface area contributed by atoms with Gasteiger partial charge in [-0.15, -0.1) is 0 Å². The van der Waals surface area contributed by atoms with Crippen molar-refractivity contribution < 1.29 is 4.92 Å². The van der Waals surface area contributed by atoms with Crippen LogP contribution in [0, 0.1) is 21.4 Å². The van der Waals surface area contributed by atoms with Gasteiger partial charge in [-0.1, -0.05) is 0 Å². The Morgan fingerprint density at radius 1 is 1.56 bits per heavy atom. The van der Waals surface area contributed by atoms with Crippen LogP contribution in [-0.4, -0.2) is 24.1 Å². The lowest BCUT2D eigenvalue weighted by Gasteiger charge is -2.33. The van der Waals surface area contributed by atoms with Crippen LogP contribution in [0.25, 0.3) is 0 Å². The van der Waals surface area contributed by atoms with Crippen molar-refractivity contribution in [1.82, 2.24) is 0 Å². The van der Waals surface area contributed by atoms with Crippen LogP contribution in [0.2, 0.25) is 0 Å². The third-order valence-electron chi connectivity index (χ3n) is 3.11. The van der Waals surface area contributed by atoms with E-state index in [0.29, 0.717) is 12.1 Å². The summed E-state index contributed by atoms with van der Waals surface area (Å²) < 4.78 is 0. The van der Waals surface area contributed by atoms with E-state index in [2.05, 4.69) is 0 Å². The molecule has 0 saturated carbocycles. The van der Waals surface area contributed by atoms with Crippen LogP contribution in [0.3, 0.4) is 0 Å². The Labute approximate surface area is 105 Å². The van der Waals surface area contributed by atoms with Gasteiger partial charge in [-0.05, 0) is 18.9 Å². The highest BCUT2D eigenvalue weighted by atomic mass is 16.6. The minimum absolute atomic E-state index is 0.0587. The van der Waals surface area contributed by atoms with E-state index in [1.165, 1.54) is 12.1 Å². The quantitative estimate of drug-likeness (QED) is 0.628. The summed E-state index contributed by atoms with van der Waals surface area (Å²) in [6.45, 7) is 1.52. The molecule has 1 unspecified atom stereocenters. The number of piperidine rings is 1. The van der Waals surface area contributed by atoms with E-state index >= 15 is 0 Å². The van der Waals surface area contributed by atoms with Gasteiger partial charge in [-0.25, -0.2) is 0 Å². The first kappa shape index (κ1) is 12.3. The van der Waals surface area contributed by atoms with E-state index < -0.39 is 4.92 Å². The van der Waals surface area contributed by atoms with Gasteiger partial charge in [0.15, 0.2) is 0 Å². The molecule has 1 fully saturated rings. The highest BCUT2D eigenvalue weighted by molar-refractivity contribution is 5.63. The SMILES string of the molecule is N#Cc1cc([N+](=O)[O-])ccc1N1CCCC(N)C1. The number of nitriles is 1. The molecule has 1 aromatic rings. The Bertz CT molecular complexity index is 509. The zero-order valence-electron chi connectivity index (χ0n) is 9.87. The fraction of sp³-hybridized carbons (Fsp3) is 0.417. The number of benzene rings is 1. The van der Waals surface area contributed by atoms with Crippen LogP contribution in [-0.2, 0) is 0 Å². The summed E-state index contributed by atoms with van der Waals surface area (Å²) in [5, 5.41) is 19.8. The smallest absolute Gasteiger partial charge is 0.270 e. The standard InChI is InChI=1S/C12H14N4O2/c13-7-9-6-11(16(17)18)3-4-12(9)15-5-1-2-10(14)8-15/h3-4,6,10H,1-2,5,8,14H2. The number of rotatable bonds is 2. The van der Waals surface area contributed by atoms with E-state index in [1.807, 2.05) is 11.0 Å². The molecule has 1 atom stereocenters. The lowest BCUT2D eigenvalue weighted by molar-refractivity contribution is -0.384. The molecule has 1 aliphatic heterocycles. The highest BCUT2D eigenvalue weighted by Gasteiger charge is 2.20. The Balaban J connectivity index is 2.33. The minimum atomic E-state index is -0.493. The second-order valence-electron chi connectivity index (χ2n) is 4.42. The molecular formula is C12H14N4O2. The lowest BCUT2D eigenvalue weighted by atomic mass is 10.0. The van der Waals surface area contributed by atoms with Crippen molar-refractivity contribution in [2.45, 2.75) is 18.9 Å². The molecular weight excluding hydrogens is 232 g/mol. The van der Waals surface area contributed by atoms with Crippen molar-refractivity contribution >= 4 is 11.4 Å². The van der Waals surface area contributed by atoms with Crippen molar-refractivity contribution in [3.8, 4) is 6.07 Å². The average molecular weight is 246 g/mol. The summed E-state index contributed by atoms with van der Waals surface area (Å²) in [6, 6.07) is 6.49. The monoisotopic (exact) mass is 246 g/mol. The van der Waals surface area contributed by atoms with Crippen molar-refractivity contribution in [2.75, 3.05) is 18.0 Å². The minimum Gasteiger partial charge on any atom is -0.369 e. The number of hydrogen-bond donors (Lipinski definition) is 1. The molecule has 1 aliphatic rings. The van der Waals surface area contributed by atoms with Gasteiger partial charge in [0, 0.05) is 31.3 Å². The second-order valence-corrected chi connectivity index (χ2v) is 4.42. The molecule has 0 bridgehead atoms. The van der Waals surface area contributed by atoms with Gasteiger partial charge in [-0.2, -0.15) is 5.26 Å². The third kappa shape index (κ3) is 2.41. The summed E-state index contributed by atoms with van der Waals surface area (Å²) in [6.07, 6.45) is 1.95. The third-order valence-corrected chi connectivity index (χ3v) is 3.11. The van der Waals surface area contributed by atoms with Crippen LogP contribution < -0.4 is 10.6 Å². The predicted molar refractivity (Wildman–Crippen MR) is 67.2 cm³/mol. The molecule has 2 rings (SSSR count). The Hall–Kier alpha value is -2.13. The zero-order chi connectivity index (χ0) is 13.1. The van der Waals surface area contributed by atoms with Gasteiger partial charge in [0.1, 0.15) is 6.07 Å². The molecule has 94 valence electrons. The maximum Gasteiger partial charge on any atom is 0.270 e.